The van der Waals surface area contributed by atoms with Gasteiger partial charge in [-0.3, -0.25) is 0 Å². The monoisotopic (exact) mass is 402 g/mol. The minimum absolute atomic E-state index is 0.349. The molecule has 1 aliphatic rings. The van der Waals surface area contributed by atoms with Gasteiger partial charge >= 0.3 is 5.97 Å². The van der Waals surface area contributed by atoms with Crippen molar-refractivity contribution in [1.29, 1.82) is 0 Å². The molecule has 2 heterocycles. The molecule has 5 nitrogen and oxygen atoms in total. The summed E-state index contributed by atoms with van der Waals surface area (Å²) in [6, 6.07) is 22.0. The van der Waals surface area contributed by atoms with Crippen molar-refractivity contribution in [3.05, 3.63) is 95.1 Å². The van der Waals surface area contributed by atoms with E-state index in [4.69, 9.17) is 21.1 Å². The first kappa shape index (κ1) is 17.5. The van der Waals surface area contributed by atoms with E-state index in [-0.39, 0.29) is 0 Å². The van der Waals surface area contributed by atoms with E-state index in [0.717, 1.165) is 16.5 Å². The van der Waals surface area contributed by atoms with Crippen LogP contribution in [0, 0.1) is 0 Å². The quantitative estimate of drug-likeness (QED) is 0.424. The van der Waals surface area contributed by atoms with Gasteiger partial charge in [-0.25, -0.2) is 9.78 Å². The third-order valence-electron chi connectivity index (χ3n) is 4.72. The highest BCUT2D eigenvalue weighted by Crippen LogP contribution is 2.42. The van der Waals surface area contributed by atoms with Crippen LogP contribution in [0.25, 0.3) is 10.8 Å². The molecule has 4 aromatic rings. The lowest BCUT2D eigenvalue weighted by Crippen LogP contribution is -2.17. The number of hydrogen-bond donors (Lipinski definition) is 1. The van der Waals surface area contributed by atoms with E-state index < -0.39 is 12.3 Å². The zero-order valence-electron chi connectivity index (χ0n) is 15.1. The second-order valence-electron chi connectivity index (χ2n) is 6.60. The third kappa shape index (κ3) is 3.26. The van der Waals surface area contributed by atoms with E-state index in [2.05, 4.69) is 10.3 Å². The number of anilines is 2. The van der Waals surface area contributed by atoms with E-state index in [1.54, 1.807) is 36.5 Å². The van der Waals surface area contributed by atoms with Gasteiger partial charge in [0.1, 0.15) is 5.82 Å². The number of benzene rings is 3. The fourth-order valence-corrected chi connectivity index (χ4v) is 3.54. The maximum Gasteiger partial charge on any atom is 0.341 e. The fraction of sp³-hybridized carbons (Fsp3) is 0.0435. The van der Waals surface area contributed by atoms with Crippen LogP contribution in [0.2, 0.25) is 5.02 Å². The number of carbonyl (C=O) groups excluding carboxylic acids is 1. The number of rotatable bonds is 2. The number of nitrogens with one attached hydrogen (secondary N) is 1. The van der Waals surface area contributed by atoms with Gasteiger partial charge in [0.15, 0.2) is 5.75 Å². The van der Waals surface area contributed by atoms with Gasteiger partial charge in [0.2, 0.25) is 0 Å². The Morgan fingerprint density at radius 2 is 1.93 bits per heavy atom. The molecule has 6 heteroatoms. The van der Waals surface area contributed by atoms with Crippen molar-refractivity contribution in [3.63, 3.8) is 0 Å². The van der Waals surface area contributed by atoms with E-state index >= 15 is 0 Å². The maximum atomic E-state index is 12.8. The van der Waals surface area contributed by atoms with Gasteiger partial charge in [-0.05, 0) is 41.8 Å². The lowest BCUT2D eigenvalue weighted by atomic mass is 10.1. The molecule has 0 spiro atoms. The molecule has 0 saturated carbocycles. The molecule has 1 unspecified atom stereocenters. The summed E-state index contributed by atoms with van der Waals surface area (Å²) in [5, 5.41) is 5.69. The van der Waals surface area contributed by atoms with Crippen molar-refractivity contribution in [3.8, 4) is 5.75 Å². The molecule has 0 bridgehead atoms. The van der Waals surface area contributed by atoms with E-state index in [1.165, 1.54) is 0 Å². The zero-order chi connectivity index (χ0) is 19.8. The SMILES string of the molecule is O=C(OC1Oc2c(ccc3ccccc23)Nc2ncccc21)c1cccc(Cl)c1. The topological polar surface area (TPSA) is 60.5 Å². The lowest BCUT2D eigenvalue weighted by molar-refractivity contribution is -0.0487. The molecular weight excluding hydrogens is 388 g/mol. The summed E-state index contributed by atoms with van der Waals surface area (Å²) in [5.41, 5.74) is 1.73. The molecule has 1 N–H and O–H groups in total. The standard InChI is InChI=1S/C23H15ClN2O3/c24-16-7-3-6-15(13-16)22(27)29-23-18-9-4-12-25-21(18)26-19-11-10-14-5-1-2-8-17(14)20(19)28-23/h1-13,23H,(H,25,26). The predicted octanol–water partition coefficient (Wildman–Crippen LogP) is 5.88. The summed E-state index contributed by atoms with van der Waals surface area (Å²) < 4.78 is 12.0. The molecule has 1 aromatic heterocycles. The Kier molecular flexibility index (Phi) is 4.30. The second-order valence-corrected chi connectivity index (χ2v) is 7.03. The van der Waals surface area contributed by atoms with Crippen molar-refractivity contribution in [2.45, 2.75) is 6.29 Å². The van der Waals surface area contributed by atoms with Crippen LogP contribution in [0.4, 0.5) is 11.5 Å². The molecule has 29 heavy (non-hydrogen) atoms. The summed E-state index contributed by atoms with van der Waals surface area (Å²) in [6.45, 7) is 0. The summed E-state index contributed by atoms with van der Waals surface area (Å²) in [4.78, 5) is 17.2. The first-order valence-corrected chi connectivity index (χ1v) is 9.44. The summed E-state index contributed by atoms with van der Waals surface area (Å²) >= 11 is 6.01. The van der Waals surface area contributed by atoms with Crippen LogP contribution in [0.1, 0.15) is 22.2 Å². The molecule has 0 saturated heterocycles. The number of aromatic nitrogens is 1. The summed E-state index contributed by atoms with van der Waals surface area (Å²) in [7, 11) is 0. The van der Waals surface area contributed by atoms with Gasteiger partial charge in [-0.15, -0.1) is 0 Å². The highest BCUT2D eigenvalue weighted by molar-refractivity contribution is 6.30. The minimum Gasteiger partial charge on any atom is -0.447 e. The molecule has 0 fully saturated rings. The minimum atomic E-state index is -0.968. The lowest BCUT2D eigenvalue weighted by Gasteiger charge is -2.19. The number of pyridine rings is 1. The largest absolute Gasteiger partial charge is 0.447 e. The molecule has 0 aliphatic carbocycles. The van der Waals surface area contributed by atoms with Gasteiger partial charge in [-0.2, -0.15) is 0 Å². The molecule has 0 amide bonds. The maximum absolute atomic E-state index is 12.8. The van der Waals surface area contributed by atoms with Gasteiger partial charge in [0.05, 0.1) is 16.8 Å². The normalized spacial score (nSPS) is 14.7. The molecule has 1 atom stereocenters. The number of hydrogen-bond acceptors (Lipinski definition) is 5. The van der Waals surface area contributed by atoms with Crippen LogP contribution in [-0.4, -0.2) is 11.0 Å². The predicted molar refractivity (Wildman–Crippen MR) is 112 cm³/mol. The second kappa shape index (κ2) is 7.11. The van der Waals surface area contributed by atoms with Crippen molar-refractivity contribution in [1.82, 2.24) is 4.98 Å². The first-order chi connectivity index (χ1) is 14.2. The Bertz CT molecular complexity index is 1240. The first-order valence-electron chi connectivity index (χ1n) is 9.06. The van der Waals surface area contributed by atoms with Crippen LogP contribution in [0.3, 0.4) is 0 Å². The Hall–Kier alpha value is -3.57. The third-order valence-corrected chi connectivity index (χ3v) is 4.96. The van der Waals surface area contributed by atoms with Gasteiger partial charge < -0.3 is 14.8 Å². The number of esters is 1. The average molecular weight is 403 g/mol. The zero-order valence-corrected chi connectivity index (χ0v) is 15.9. The van der Waals surface area contributed by atoms with Gasteiger partial charge in [-0.1, -0.05) is 48.0 Å². The summed E-state index contributed by atoms with van der Waals surface area (Å²) in [5.74, 6) is 0.645. The van der Waals surface area contributed by atoms with E-state index in [0.29, 0.717) is 27.7 Å². The summed E-state index contributed by atoms with van der Waals surface area (Å²) in [6.07, 6.45) is 0.706. The highest BCUT2D eigenvalue weighted by atomic mass is 35.5. The van der Waals surface area contributed by atoms with Crippen LogP contribution in [0.5, 0.6) is 5.75 Å². The van der Waals surface area contributed by atoms with Crippen LogP contribution < -0.4 is 10.1 Å². The number of carbonyl (C=O) groups is 1. The van der Waals surface area contributed by atoms with Crippen molar-refractivity contribution >= 4 is 39.8 Å². The van der Waals surface area contributed by atoms with Crippen LogP contribution in [-0.2, 0) is 4.74 Å². The smallest absolute Gasteiger partial charge is 0.341 e. The van der Waals surface area contributed by atoms with Crippen molar-refractivity contribution < 1.29 is 14.3 Å². The van der Waals surface area contributed by atoms with Crippen LogP contribution >= 0.6 is 11.6 Å². The van der Waals surface area contributed by atoms with E-state index in [9.17, 15) is 4.79 Å². The van der Waals surface area contributed by atoms with Crippen LogP contribution in [0.15, 0.2) is 79.0 Å². The molecule has 3 aromatic carbocycles. The van der Waals surface area contributed by atoms with Crippen molar-refractivity contribution in [2.75, 3.05) is 5.32 Å². The van der Waals surface area contributed by atoms with Crippen molar-refractivity contribution in [2.24, 2.45) is 0 Å². The molecule has 1 aliphatic heterocycles. The molecule has 142 valence electrons. The van der Waals surface area contributed by atoms with Gasteiger partial charge in [0.25, 0.3) is 6.29 Å². The number of nitrogens with zero attached hydrogens (tertiary/aromatic N) is 1. The highest BCUT2D eigenvalue weighted by Gasteiger charge is 2.28. The van der Waals surface area contributed by atoms with E-state index in [1.807, 2.05) is 42.5 Å². The fourth-order valence-electron chi connectivity index (χ4n) is 3.35. The number of ether oxygens (including phenoxy) is 2. The molecule has 0 radical (unpaired) electrons. The molecular formula is C23H15ClN2O3. The van der Waals surface area contributed by atoms with Gasteiger partial charge in [0, 0.05) is 16.6 Å². The Morgan fingerprint density at radius 1 is 1.03 bits per heavy atom. The Morgan fingerprint density at radius 3 is 2.83 bits per heavy atom. The number of halogens is 1. The average Bonchev–Trinajstić information content (AvgIpc) is 2.90. The number of fused-ring (bicyclic) bond motifs is 4. The Labute approximate surface area is 171 Å². The Balaban J connectivity index is 1.59. The molecule has 5 rings (SSSR count).